The summed E-state index contributed by atoms with van der Waals surface area (Å²) in [5.74, 6) is -0.117. The van der Waals surface area contributed by atoms with Crippen LogP contribution in [0.15, 0.2) is 24.3 Å². The van der Waals surface area contributed by atoms with Crippen LogP contribution in [0.4, 0.5) is 18.9 Å². The lowest BCUT2D eigenvalue weighted by molar-refractivity contribution is -0.142. The van der Waals surface area contributed by atoms with E-state index in [-0.39, 0.29) is 23.9 Å². The lowest BCUT2D eigenvalue weighted by Gasteiger charge is -2.11. The number of hydrogen-bond acceptors (Lipinski definition) is 3. The van der Waals surface area contributed by atoms with Gasteiger partial charge in [-0.3, -0.25) is 0 Å². The highest BCUT2D eigenvalue weighted by atomic mass is 35.5. The highest BCUT2D eigenvalue weighted by Crippen LogP contribution is 2.35. The zero-order valence-corrected chi connectivity index (χ0v) is 11.2. The van der Waals surface area contributed by atoms with Crippen molar-refractivity contribution < 1.29 is 17.9 Å². The Morgan fingerprint density at radius 1 is 1.35 bits per heavy atom. The average Bonchev–Trinajstić information content (AvgIpc) is 2.73. The van der Waals surface area contributed by atoms with Crippen LogP contribution in [0.3, 0.4) is 0 Å². The standard InChI is InChI=1S/C12H11ClF3N3O/c1-2-20-11-6-10(12(14,15)16)19(18-11)9-4-3-7(13)5-8(9)17/h3-6H,2,17H2,1H3. The molecular weight excluding hydrogens is 295 g/mol. The van der Waals surface area contributed by atoms with Crippen LogP contribution in [0, 0.1) is 0 Å². The van der Waals surface area contributed by atoms with Crippen LogP contribution in [0.5, 0.6) is 5.88 Å². The zero-order chi connectivity index (χ0) is 14.9. The van der Waals surface area contributed by atoms with Crippen LogP contribution in [-0.2, 0) is 6.18 Å². The molecule has 2 N–H and O–H groups in total. The number of hydrogen-bond donors (Lipinski definition) is 1. The fourth-order valence-electron chi connectivity index (χ4n) is 1.68. The van der Waals surface area contributed by atoms with Crippen LogP contribution in [0.2, 0.25) is 5.02 Å². The van der Waals surface area contributed by atoms with Crippen molar-refractivity contribution in [2.24, 2.45) is 0 Å². The van der Waals surface area contributed by atoms with Gasteiger partial charge in [0.1, 0.15) is 0 Å². The predicted octanol–water partition coefficient (Wildman–Crippen LogP) is 3.53. The summed E-state index contributed by atoms with van der Waals surface area (Å²) in [5.41, 5.74) is 4.91. The highest BCUT2D eigenvalue weighted by molar-refractivity contribution is 6.30. The molecule has 8 heteroatoms. The third-order valence-electron chi connectivity index (χ3n) is 2.49. The fraction of sp³-hybridized carbons (Fsp3) is 0.250. The third kappa shape index (κ3) is 2.82. The molecule has 4 nitrogen and oxygen atoms in total. The summed E-state index contributed by atoms with van der Waals surface area (Å²) in [5, 5.41) is 4.11. The van der Waals surface area contributed by atoms with Gasteiger partial charge in [0.2, 0.25) is 5.88 Å². The first-order valence-electron chi connectivity index (χ1n) is 5.68. The van der Waals surface area contributed by atoms with Crippen LogP contribution in [0.1, 0.15) is 12.6 Å². The Hall–Kier alpha value is -1.89. The van der Waals surface area contributed by atoms with Gasteiger partial charge in [0.25, 0.3) is 0 Å². The number of nitrogen functional groups attached to an aromatic ring is 1. The molecule has 2 aromatic rings. The maximum absolute atomic E-state index is 13.0. The van der Waals surface area contributed by atoms with E-state index in [1.165, 1.54) is 18.2 Å². The molecule has 0 atom stereocenters. The lowest BCUT2D eigenvalue weighted by atomic mass is 10.2. The van der Waals surface area contributed by atoms with E-state index in [1.54, 1.807) is 6.92 Å². The Morgan fingerprint density at radius 3 is 2.60 bits per heavy atom. The van der Waals surface area contributed by atoms with E-state index in [9.17, 15) is 13.2 Å². The summed E-state index contributed by atoms with van der Waals surface area (Å²) >= 11 is 5.73. The number of alkyl halides is 3. The Kier molecular flexibility index (Phi) is 3.80. The van der Waals surface area contributed by atoms with Gasteiger partial charge < -0.3 is 10.5 Å². The van der Waals surface area contributed by atoms with Crippen molar-refractivity contribution in [3.63, 3.8) is 0 Å². The average molecular weight is 306 g/mol. The number of rotatable bonds is 3. The van der Waals surface area contributed by atoms with Crippen molar-refractivity contribution in [1.29, 1.82) is 0 Å². The monoisotopic (exact) mass is 305 g/mol. The molecule has 0 bridgehead atoms. The molecule has 0 saturated heterocycles. The van der Waals surface area contributed by atoms with Gasteiger partial charge in [0.05, 0.1) is 18.0 Å². The number of nitrogens with zero attached hydrogens (tertiary/aromatic N) is 2. The van der Waals surface area contributed by atoms with Crippen molar-refractivity contribution in [3.8, 4) is 11.6 Å². The molecule has 1 aromatic heterocycles. The molecule has 2 rings (SSSR count). The summed E-state index contributed by atoms with van der Waals surface area (Å²) in [7, 11) is 0. The SMILES string of the molecule is CCOc1cc(C(F)(F)F)n(-c2ccc(Cl)cc2N)n1. The highest BCUT2D eigenvalue weighted by Gasteiger charge is 2.37. The van der Waals surface area contributed by atoms with Gasteiger partial charge in [0, 0.05) is 11.1 Å². The third-order valence-corrected chi connectivity index (χ3v) is 2.72. The van der Waals surface area contributed by atoms with Crippen molar-refractivity contribution in [3.05, 3.63) is 35.0 Å². The second-order valence-corrected chi connectivity index (χ2v) is 4.35. The second-order valence-electron chi connectivity index (χ2n) is 3.91. The van der Waals surface area contributed by atoms with Crippen LogP contribution >= 0.6 is 11.6 Å². The molecule has 1 aromatic carbocycles. The van der Waals surface area contributed by atoms with Crippen LogP contribution < -0.4 is 10.5 Å². The maximum atomic E-state index is 13.0. The quantitative estimate of drug-likeness (QED) is 0.883. The van der Waals surface area contributed by atoms with Crippen molar-refractivity contribution in [1.82, 2.24) is 9.78 Å². The van der Waals surface area contributed by atoms with Gasteiger partial charge in [-0.2, -0.15) is 13.2 Å². The number of halogens is 4. The maximum Gasteiger partial charge on any atom is 0.433 e. The summed E-state index contributed by atoms with van der Waals surface area (Å²) in [6.45, 7) is 1.87. The number of aromatic nitrogens is 2. The number of anilines is 1. The summed E-state index contributed by atoms with van der Waals surface area (Å²) in [6.07, 6.45) is -4.57. The first-order chi connectivity index (χ1) is 9.32. The van der Waals surface area contributed by atoms with Crippen molar-refractivity contribution >= 4 is 17.3 Å². The summed E-state index contributed by atoms with van der Waals surface area (Å²) in [4.78, 5) is 0. The molecule has 0 aliphatic rings. The lowest BCUT2D eigenvalue weighted by Crippen LogP contribution is -2.14. The van der Waals surface area contributed by atoms with Gasteiger partial charge in [-0.1, -0.05) is 11.6 Å². The smallest absolute Gasteiger partial charge is 0.433 e. The van der Waals surface area contributed by atoms with E-state index in [2.05, 4.69) is 5.10 Å². The van der Waals surface area contributed by atoms with Gasteiger partial charge in [0.15, 0.2) is 5.69 Å². The minimum Gasteiger partial charge on any atom is -0.477 e. The minimum atomic E-state index is -4.57. The molecule has 0 aliphatic heterocycles. The first kappa shape index (κ1) is 14.5. The second kappa shape index (κ2) is 5.24. The molecule has 0 fully saturated rings. The molecule has 20 heavy (non-hydrogen) atoms. The summed E-state index contributed by atoms with van der Waals surface area (Å²) < 4.78 is 44.8. The van der Waals surface area contributed by atoms with E-state index >= 15 is 0 Å². The molecule has 0 aliphatic carbocycles. The van der Waals surface area contributed by atoms with E-state index in [1.807, 2.05) is 0 Å². The summed E-state index contributed by atoms with van der Waals surface area (Å²) in [6, 6.07) is 5.00. The Morgan fingerprint density at radius 2 is 2.05 bits per heavy atom. The molecule has 1 heterocycles. The van der Waals surface area contributed by atoms with Crippen molar-refractivity contribution in [2.75, 3.05) is 12.3 Å². The topological polar surface area (TPSA) is 53.1 Å². The zero-order valence-electron chi connectivity index (χ0n) is 10.4. The largest absolute Gasteiger partial charge is 0.477 e. The van der Waals surface area contributed by atoms with Gasteiger partial charge in [-0.05, 0) is 25.1 Å². The van der Waals surface area contributed by atoms with Gasteiger partial charge in [-0.25, -0.2) is 4.68 Å². The molecule has 0 saturated carbocycles. The molecule has 108 valence electrons. The predicted molar refractivity (Wildman–Crippen MR) is 69.2 cm³/mol. The molecule has 0 radical (unpaired) electrons. The molecule has 0 unspecified atom stereocenters. The Labute approximate surface area is 117 Å². The van der Waals surface area contributed by atoms with E-state index in [4.69, 9.17) is 22.1 Å². The van der Waals surface area contributed by atoms with Crippen LogP contribution in [0.25, 0.3) is 5.69 Å². The van der Waals surface area contributed by atoms with E-state index in [0.717, 1.165) is 6.07 Å². The van der Waals surface area contributed by atoms with Crippen molar-refractivity contribution in [2.45, 2.75) is 13.1 Å². The Balaban J connectivity index is 2.59. The van der Waals surface area contributed by atoms with E-state index in [0.29, 0.717) is 9.70 Å². The number of ether oxygens (including phenoxy) is 1. The number of nitrogens with two attached hydrogens (primary N) is 1. The molecular formula is C12H11ClF3N3O. The Bertz CT molecular complexity index is 625. The fourth-order valence-corrected chi connectivity index (χ4v) is 1.86. The molecule has 0 amide bonds. The minimum absolute atomic E-state index is 0.0904. The number of benzene rings is 1. The first-order valence-corrected chi connectivity index (χ1v) is 6.06. The molecule has 0 spiro atoms. The normalized spacial score (nSPS) is 11.7. The van der Waals surface area contributed by atoms with Crippen LogP contribution in [-0.4, -0.2) is 16.4 Å². The van der Waals surface area contributed by atoms with Gasteiger partial charge >= 0.3 is 6.18 Å². The van der Waals surface area contributed by atoms with Gasteiger partial charge in [-0.15, -0.1) is 5.10 Å². The van der Waals surface area contributed by atoms with E-state index < -0.39 is 11.9 Å².